The Morgan fingerprint density at radius 2 is 1.42 bits per heavy atom. The largest absolute Gasteiger partial charge is 0.0622 e. The van der Waals surface area contributed by atoms with Crippen LogP contribution in [0, 0.1) is 0 Å². The van der Waals surface area contributed by atoms with Gasteiger partial charge in [0.15, 0.2) is 0 Å². The van der Waals surface area contributed by atoms with E-state index in [-0.39, 0.29) is 0 Å². The Kier molecular flexibility index (Phi) is 2.41. The van der Waals surface area contributed by atoms with Crippen molar-refractivity contribution in [2.45, 2.75) is 18.8 Å². The Bertz CT molecular complexity index is 721. The fourth-order valence-corrected chi connectivity index (χ4v) is 2.87. The van der Waals surface area contributed by atoms with Gasteiger partial charge in [-0.3, -0.25) is 0 Å². The molecule has 1 saturated carbocycles. The molecule has 0 bridgehead atoms. The molecule has 0 heteroatoms. The van der Waals surface area contributed by atoms with Gasteiger partial charge in [-0.2, -0.15) is 0 Å². The molecule has 3 aromatic rings. The van der Waals surface area contributed by atoms with Gasteiger partial charge in [0, 0.05) is 0 Å². The second-order valence-electron chi connectivity index (χ2n) is 5.43. The first-order valence-electron chi connectivity index (χ1n) is 7.00. The Hall–Kier alpha value is -2.08. The molecule has 0 radical (unpaired) electrons. The molecule has 92 valence electrons. The Balaban J connectivity index is 1.98. The van der Waals surface area contributed by atoms with Crippen LogP contribution in [0.2, 0.25) is 0 Å². The van der Waals surface area contributed by atoms with Gasteiger partial charge in [-0.1, -0.05) is 60.7 Å². The molecule has 0 unspecified atom stereocenters. The van der Waals surface area contributed by atoms with Gasteiger partial charge in [-0.25, -0.2) is 0 Å². The normalized spacial score (nSPS) is 14.7. The summed E-state index contributed by atoms with van der Waals surface area (Å²) in [4.78, 5) is 0. The SMILES string of the molecule is c1ccc(-c2cc(C3CC3)c3ccccc3c2)cc1. The molecular weight excluding hydrogens is 228 g/mol. The lowest BCUT2D eigenvalue weighted by Crippen LogP contribution is -1.86. The third-order valence-corrected chi connectivity index (χ3v) is 4.02. The van der Waals surface area contributed by atoms with Crippen molar-refractivity contribution < 1.29 is 0 Å². The molecule has 0 aliphatic heterocycles. The van der Waals surface area contributed by atoms with Crippen molar-refractivity contribution in [3.8, 4) is 11.1 Å². The van der Waals surface area contributed by atoms with Crippen molar-refractivity contribution in [3.05, 3.63) is 72.3 Å². The van der Waals surface area contributed by atoms with Crippen LogP contribution in [-0.2, 0) is 0 Å². The van der Waals surface area contributed by atoms with Crippen molar-refractivity contribution in [2.75, 3.05) is 0 Å². The fraction of sp³-hybridized carbons (Fsp3) is 0.158. The number of hydrogen-bond donors (Lipinski definition) is 0. The van der Waals surface area contributed by atoms with Gasteiger partial charge in [-0.05, 0) is 52.3 Å². The van der Waals surface area contributed by atoms with Crippen molar-refractivity contribution >= 4 is 10.8 Å². The van der Waals surface area contributed by atoms with Gasteiger partial charge < -0.3 is 0 Å². The highest BCUT2D eigenvalue weighted by Gasteiger charge is 2.25. The van der Waals surface area contributed by atoms with Crippen LogP contribution in [0.25, 0.3) is 21.9 Å². The van der Waals surface area contributed by atoms with E-state index < -0.39 is 0 Å². The Morgan fingerprint density at radius 3 is 2.21 bits per heavy atom. The maximum atomic E-state index is 2.40. The molecular formula is C19H16. The first-order chi connectivity index (χ1) is 9.42. The molecule has 0 aromatic heterocycles. The average Bonchev–Trinajstić information content (AvgIpc) is 3.32. The minimum absolute atomic E-state index is 0.786. The third kappa shape index (κ3) is 1.94. The number of benzene rings is 3. The second kappa shape index (κ2) is 4.24. The standard InChI is InChI=1S/C19H16/c1-2-6-14(7-3-1)17-12-16-8-4-5-9-18(16)19(13-17)15-10-11-15/h1-9,12-13,15H,10-11H2. The second-order valence-corrected chi connectivity index (χ2v) is 5.43. The molecule has 0 nitrogen and oxygen atoms in total. The van der Waals surface area contributed by atoms with Crippen LogP contribution in [0.3, 0.4) is 0 Å². The fourth-order valence-electron chi connectivity index (χ4n) is 2.87. The Morgan fingerprint density at radius 1 is 0.684 bits per heavy atom. The monoisotopic (exact) mass is 244 g/mol. The molecule has 0 spiro atoms. The average molecular weight is 244 g/mol. The molecule has 0 atom stereocenters. The summed E-state index contributed by atoms with van der Waals surface area (Å²) in [6.45, 7) is 0. The first kappa shape index (κ1) is 10.8. The van der Waals surface area contributed by atoms with Crippen LogP contribution in [-0.4, -0.2) is 0 Å². The van der Waals surface area contributed by atoms with Crippen LogP contribution in [0.15, 0.2) is 66.7 Å². The molecule has 1 aliphatic carbocycles. The summed E-state index contributed by atoms with van der Waals surface area (Å²) in [6, 6.07) is 24.2. The van der Waals surface area contributed by atoms with E-state index in [9.17, 15) is 0 Å². The minimum Gasteiger partial charge on any atom is -0.0622 e. The van der Waals surface area contributed by atoms with E-state index in [1.165, 1.54) is 40.3 Å². The van der Waals surface area contributed by atoms with Crippen LogP contribution in [0.1, 0.15) is 24.3 Å². The van der Waals surface area contributed by atoms with E-state index in [2.05, 4.69) is 66.7 Å². The summed E-state index contributed by atoms with van der Waals surface area (Å²) >= 11 is 0. The van der Waals surface area contributed by atoms with E-state index in [4.69, 9.17) is 0 Å². The van der Waals surface area contributed by atoms with Gasteiger partial charge in [0.2, 0.25) is 0 Å². The van der Waals surface area contributed by atoms with E-state index in [0.29, 0.717) is 0 Å². The van der Waals surface area contributed by atoms with Gasteiger partial charge in [0.1, 0.15) is 0 Å². The lowest BCUT2D eigenvalue weighted by molar-refractivity contribution is 1.15. The van der Waals surface area contributed by atoms with E-state index in [1.54, 1.807) is 0 Å². The zero-order chi connectivity index (χ0) is 12.7. The quantitative estimate of drug-likeness (QED) is 0.567. The third-order valence-electron chi connectivity index (χ3n) is 4.02. The van der Waals surface area contributed by atoms with Crippen molar-refractivity contribution in [2.24, 2.45) is 0 Å². The van der Waals surface area contributed by atoms with Gasteiger partial charge >= 0.3 is 0 Å². The number of fused-ring (bicyclic) bond motifs is 1. The molecule has 4 rings (SSSR count). The predicted molar refractivity (Wildman–Crippen MR) is 81.4 cm³/mol. The van der Waals surface area contributed by atoms with Gasteiger partial charge in [0.05, 0.1) is 0 Å². The van der Waals surface area contributed by atoms with Crippen LogP contribution in [0.4, 0.5) is 0 Å². The molecule has 3 aromatic carbocycles. The zero-order valence-electron chi connectivity index (χ0n) is 10.8. The van der Waals surface area contributed by atoms with Crippen molar-refractivity contribution in [3.63, 3.8) is 0 Å². The number of rotatable bonds is 2. The molecule has 0 N–H and O–H groups in total. The van der Waals surface area contributed by atoms with Gasteiger partial charge in [0.25, 0.3) is 0 Å². The highest BCUT2D eigenvalue weighted by molar-refractivity contribution is 5.91. The van der Waals surface area contributed by atoms with Crippen LogP contribution >= 0.6 is 0 Å². The molecule has 1 aliphatic rings. The topological polar surface area (TPSA) is 0 Å². The number of hydrogen-bond acceptors (Lipinski definition) is 0. The van der Waals surface area contributed by atoms with Gasteiger partial charge in [-0.15, -0.1) is 0 Å². The summed E-state index contributed by atoms with van der Waals surface area (Å²) in [6.07, 6.45) is 2.70. The highest BCUT2D eigenvalue weighted by Crippen LogP contribution is 2.44. The lowest BCUT2D eigenvalue weighted by atomic mass is 9.95. The summed E-state index contributed by atoms with van der Waals surface area (Å²) in [7, 11) is 0. The summed E-state index contributed by atoms with van der Waals surface area (Å²) in [5, 5.41) is 2.80. The van der Waals surface area contributed by atoms with E-state index >= 15 is 0 Å². The first-order valence-corrected chi connectivity index (χ1v) is 7.00. The predicted octanol–water partition coefficient (Wildman–Crippen LogP) is 5.38. The zero-order valence-corrected chi connectivity index (χ0v) is 10.8. The van der Waals surface area contributed by atoms with E-state index in [1.807, 2.05) is 0 Å². The lowest BCUT2D eigenvalue weighted by Gasteiger charge is -2.10. The summed E-state index contributed by atoms with van der Waals surface area (Å²) in [5.74, 6) is 0.786. The van der Waals surface area contributed by atoms with Crippen molar-refractivity contribution in [1.82, 2.24) is 0 Å². The minimum atomic E-state index is 0.786. The molecule has 0 saturated heterocycles. The molecule has 1 fully saturated rings. The maximum Gasteiger partial charge on any atom is -0.0149 e. The van der Waals surface area contributed by atoms with Crippen LogP contribution < -0.4 is 0 Å². The maximum absolute atomic E-state index is 2.40. The summed E-state index contributed by atoms with van der Waals surface area (Å²) in [5.41, 5.74) is 4.20. The smallest absolute Gasteiger partial charge is 0.0149 e. The van der Waals surface area contributed by atoms with Crippen LogP contribution in [0.5, 0.6) is 0 Å². The van der Waals surface area contributed by atoms with E-state index in [0.717, 1.165) is 5.92 Å². The Labute approximate surface area is 113 Å². The van der Waals surface area contributed by atoms with Crippen molar-refractivity contribution in [1.29, 1.82) is 0 Å². The summed E-state index contributed by atoms with van der Waals surface area (Å²) < 4.78 is 0. The molecule has 0 amide bonds. The highest BCUT2D eigenvalue weighted by atomic mass is 14.3. The molecule has 19 heavy (non-hydrogen) atoms. The molecule has 0 heterocycles.